The standard InChI is InChI=1S/C2H10N4O2S/c1-4-6(5-2)9(3,7)8/h4-5H,1-2H3,(H2,3,7,8). The van der Waals surface area contributed by atoms with Crippen molar-refractivity contribution in [3.8, 4) is 0 Å². The molecule has 0 aromatic rings. The Bertz CT molecular complexity index is 159. The van der Waals surface area contributed by atoms with Gasteiger partial charge in [-0.25, -0.2) is 16.0 Å². The van der Waals surface area contributed by atoms with Crippen molar-refractivity contribution in [2.45, 2.75) is 0 Å². The van der Waals surface area contributed by atoms with E-state index >= 15 is 0 Å². The van der Waals surface area contributed by atoms with Gasteiger partial charge in [-0.3, -0.25) is 0 Å². The van der Waals surface area contributed by atoms with E-state index in [1.165, 1.54) is 14.1 Å². The summed E-state index contributed by atoms with van der Waals surface area (Å²) in [5.41, 5.74) is 4.60. The average molecular weight is 154 g/mol. The number of nitrogens with two attached hydrogens (primary N) is 1. The quantitative estimate of drug-likeness (QED) is 0.401. The van der Waals surface area contributed by atoms with Crippen molar-refractivity contribution >= 4 is 10.2 Å². The summed E-state index contributed by atoms with van der Waals surface area (Å²) in [6.45, 7) is 0. The highest BCUT2D eigenvalue weighted by molar-refractivity contribution is 7.86. The van der Waals surface area contributed by atoms with E-state index in [0.717, 1.165) is 0 Å². The molecule has 0 atom stereocenters. The van der Waals surface area contributed by atoms with E-state index in [9.17, 15) is 8.42 Å². The third kappa shape index (κ3) is 2.72. The van der Waals surface area contributed by atoms with Crippen LogP contribution in [0.2, 0.25) is 0 Å². The minimum atomic E-state index is -3.65. The van der Waals surface area contributed by atoms with Gasteiger partial charge < -0.3 is 0 Å². The molecule has 4 N–H and O–H groups in total. The van der Waals surface area contributed by atoms with Crippen molar-refractivity contribution in [2.75, 3.05) is 14.1 Å². The van der Waals surface area contributed by atoms with Crippen LogP contribution in [0.15, 0.2) is 0 Å². The van der Waals surface area contributed by atoms with Gasteiger partial charge in [-0.05, 0) is 0 Å². The monoisotopic (exact) mass is 154 g/mol. The molecule has 0 saturated carbocycles. The average Bonchev–Trinajstić information content (AvgIpc) is 1.65. The predicted octanol–water partition coefficient (Wildman–Crippen LogP) is -2.24. The summed E-state index contributed by atoms with van der Waals surface area (Å²) in [4.78, 5) is 0. The van der Waals surface area contributed by atoms with Gasteiger partial charge in [0.15, 0.2) is 0 Å². The Kier molecular flexibility index (Phi) is 3.01. The minimum absolute atomic E-state index is 0.688. The number of nitrogens with zero attached hydrogens (tertiary/aromatic N) is 1. The molecule has 0 rings (SSSR count). The highest BCUT2D eigenvalue weighted by Gasteiger charge is 2.10. The van der Waals surface area contributed by atoms with Crippen molar-refractivity contribution < 1.29 is 8.42 Å². The van der Waals surface area contributed by atoms with Gasteiger partial charge in [-0.1, -0.05) is 4.52 Å². The van der Waals surface area contributed by atoms with Gasteiger partial charge >= 0.3 is 10.2 Å². The molecule has 0 aliphatic heterocycles. The van der Waals surface area contributed by atoms with Crippen molar-refractivity contribution in [3.05, 3.63) is 0 Å². The Morgan fingerprint density at radius 1 is 1.33 bits per heavy atom. The summed E-state index contributed by atoms with van der Waals surface area (Å²) in [5.74, 6) is 0. The van der Waals surface area contributed by atoms with Crippen LogP contribution in [-0.2, 0) is 10.2 Å². The second-order valence-electron chi connectivity index (χ2n) is 1.26. The Labute approximate surface area is 54.1 Å². The van der Waals surface area contributed by atoms with Gasteiger partial charge in [0.05, 0.1) is 0 Å². The van der Waals surface area contributed by atoms with E-state index in [-0.39, 0.29) is 0 Å². The van der Waals surface area contributed by atoms with Gasteiger partial charge in [0.1, 0.15) is 0 Å². The third-order valence-electron chi connectivity index (χ3n) is 0.661. The zero-order valence-electron chi connectivity index (χ0n) is 5.25. The van der Waals surface area contributed by atoms with E-state index in [0.29, 0.717) is 4.52 Å². The molecule has 0 saturated heterocycles. The molecule has 0 radical (unpaired) electrons. The molecule has 0 heterocycles. The maximum Gasteiger partial charge on any atom is 0.303 e. The summed E-state index contributed by atoms with van der Waals surface area (Å²) in [6.07, 6.45) is 0. The maximum atomic E-state index is 10.4. The lowest BCUT2D eigenvalue weighted by atomic mass is 11.4. The van der Waals surface area contributed by atoms with E-state index in [4.69, 9.17) is 0 Å². The summed E-state index contributed by atoms with van der Waals surface area (Å²) in [5, 5.41) is 4.67. The molecule has 6 nitrogen and oxygen atoms in total. The molecule has 9 heavy (non-hydrogen) atoms. The number of hydrogen-bond acceptors (Lipinski definition) is 4. The molecule has 0 fully saturated rings. The smallest absolute Gasteiger partial charge is 0.229 e. The maximum absolute atomic E-state index is 10.4. The zero-order chi connectivity index (χ0) is 7.49. The van der Waals surface area contributed by atoms with Crippen LogP contribution < -0.4 is 16.0 Å². The third-order valence-corrected chi connectivity index (χ3v) is 1.53. The first kappa shape index (κ1) is 8.79. The van der Waals surface area contributed by atoms with Gasteiger partial charge in [-0.15, -0.1) is 0 Å². The molecule has 0 spiro atoms. The van der Waals surface area contributed by atoms with E-state index in [1.807, 2.05) is 0 Å². The summed E-state index contributed by atoms with van der Waals surface area (Å²) >= 11 is 0. The van der Waals surface area contributed by atoms with Gasteiger partial charge in [0.25, 0.3) is 0 Å². The number of nitrogens with one attached hydrogen (secondary N) is 2. The van der Waals surface area contributed by atoms with Crippen molar-refractivity contribution in [3.63, 3.8) is 0 Å². The van der Waals surface area contributed by atoms with Crippen LogP contribution >= 0.6 is 0 Å². The molecule has 0 amide bonds. The second kappa shape index (κ2) is 3.08. The molecule has 0 aromatic carbocycles. The first-order chi connectivity index (χ1) is 4.02. The summed E-state index contributed by atoms with van der Waals surface area (Å²) in [6, 6.07) is 0. The van der Waals surface area contributed by atoms with Crippen LogP contribution in [0.3, 0.4) is 0 Å². The number of hydrogen-bond donors (Lipinski definition) is 3. The predicted molar refractivity (Wildman–Crippen MR) is 33.1 cm³/mol. The second-order valence-corrected chi connectivity index (χ2v) is 2.65. The fourth-order valence-corrected chi connectivity index (χ4v) is 0.875. The molecular formula is C2H10N4O2S. The molecule has 0 aliphatic rings. The fraction of sp³-hybridized carbons (Fsp3) is 1.00. The van der Waals surface area contributed by atoms with E-state index < -0.39 is 10.2 Å². The lowest BCUT2D eigenvalue weighted by molar-refractivity contribution is 0.280. The molecule has 0 aliphatic carbocycles. The minimum Gasteiger partial charge on any atom is -0.229 e. The van der Waals surface area contributed by atoms with Crippen LogP contribution in [0.4, 0.5) is 0 Å². The van der Waals surface area contributed by atoms with Crippen LogP contribution in [0, 0.1) is 0 Å². The Morgan fingerprint density at radius 3 is 1.67 bits per heavy atom. The fourth-order valence-electron chi connectivity index (χ4n) is 0.366. The van der Waals surface area contributed by atoms with Crippen LogP contribution in [0.1, 0.15) is 0 Å². The number of hydrazine groups is 2. The number of rotatable bonds is 3. The highest BCUT2D eigenvalue weighted by Crippen LogP contribution is 1.77. The largest absolute Gasteiger partial charge is 0.303 e. The van der Waals surface area contributed by atoms with Crippen molar-refractivity contribution in [1.82, 2.24) is 15.4 Å². The zero-order valence-corrected chi connectivity index (χ0v) is 6.07. The first-order valence-corrected chi connectivity index (χ1v) is 3.70. The Morgan fingerprint density at radius 2 is 1.67 bits per heavy atom. The van der Waals surface area contributed by atoms with E-state index in [2.05, 4.69) is 16.0 Å². The lowest BCUT2D eigenvalue weighted by Gasteiger charge is -2.14. The normalized spacial score (nSPS) is 12.4. The van der Waals surface area contributed by atoms with Crippen LogP contribution in [0.25, 0.3) is 0 Å². The molecule has 0 bridgehead atoms. The van der Waals surface area contributed by atoms with Gasteiger partial charge in [0.2, 0.25) is 0 Å². The summed E-state index contributed by atoms with van der Waals surface area (Å²) < 4.78 is 21.4. The summed E-state index contributed by atoms with van der Waals surface area (Å²) in [7, 11) is -0.791. The van der Waals surface area contributed by atoms with Crippen molar-refractivity contribution in [2.24, 2.45) is 5.14 Å². The molecule has 7 heteroatoms. The Balaban J connectivity index is 4.14. The molecule has 0 aromatic heterocycles. The molecule has 56 valence electrons. The molecule has 0 unspecified atom stereocenters. The van der Waals surface area contributed by atoms with Crippen LogP contribution in [0.5, 0.6) is 0 Å². The van der Waals surface area contributed by atoms with E-state index in [1.54, 1.807) is 0 Å². The molecular weight excluding hydrogens is 144 g/mol. The SMILES string of the molecule is CNN(NC)S(N)(=O)=O. The topological polar surface area (TPSA) is 87.5 Å². The van der Waals surface area contributed by atoms with Gasteiger partial charge in [-0.2, -0.15) is 8.42 Å². The lowest BCUT2D eigenvalue weighted by Crippen LogP contribution is -2.51. The Hall–Kier alpha value is -0.210. The van der Waals surface area contributed by atoms with Crippen molar-refractivity contribution in [1.29, 1.82) is 0 Å². The first-order valence-electron chi connectivity index (χ1n) is 2.20. The highest BCUT2D eigenvalue weighted by atomic mass is 32.2. The van der Waals surface area contributed by atoms with Gasteiger partial charge in [0, 0.05) is 14.1 Å². The van der Waals surface area contributed by atoms with Crippen LogP contribution in [-0.4, -0.2) is 27.0 Å².